The topological polar surface area (TPSA) is 180 Å². The molecule has 1 heterocycles. The second kappa shape index (κ2) is 13.1. The van der Waals surface area contributed by atoms with Crippen molar-refractivity contribution < 1.29 is 39.1 Å². The van der Waals surface area contributed by atoms with Crippen molar-refractivity contribution in [3.63, 3.8) is 0 Å². The minimum absolute atomic E-state index is 0.0293. The predicted octanol–water partition coefficient (Wildman–Crippen LogP) is 3.59. The zero-order valence-electron chi connectivity index (χ0n) is 21.7. The number of rotatable bonds is 11. The molecule has 1 fully saturated rings. The lowest BCUT2D eigenvalue weighted by molar-refractivity contribution is -0.386. The number of hydrogen-bond donors (Lipinski definition) is 3. The second-order valence-electron chi connectivity index (χ2n) is 9.55. The summed E-state index contributed by atoms with van der Waals surface area (Å²) in [5.74, 6) is -2.28. The van der Waals surface area contributed by atoms with Gasteiger partial charge >= 0.3 is 11.8 Å². The Labute approximate surface area is 223 Å². The van der Waals surface area contributed by atoms with E-state index in [1.54, 1.807) is 32.7 Å². The first-order chi connectivity index (χ1) is 17.7. The van der Waals surface area contributed by atoms with Crippen molar-refractivity contribution in [3.8, 4) is 11.5 Å². The Morgan fingerprint density at radius 3 is 2.53 bits per heavy atom. The van der Waals surface area contributed by atoms with Crippen molar-refractivity contribution >= 4 is 46.7 Å². The van der Waals surface area contributed by atoms with Crippen molar-refractivity contribution in [1.82, 2.24) is 15.1 Å². The van der Waals surface area contributed by atoms with Gasteiger partial charge in [0.2, 0.25) is 11.7 Å². The van der Waals surface area contributed by atoms with Gasteiger partial charge in [0.15, 0.2) is 5.75 Å². The van der Waals surface area contributed by atoms with Gasteiger partial charge in [0.1, 0.15) is 5.60 Å². The van der Waals surface area contributed by atoms with Gasteiger partial charge in [0.25, 0.3) is 11.1 Å². The quantitative estimate of drug-likeness (QED) is 0.121. The molecule has 0 bridgehead atoms. The van der Waals surface area contributed by atoms with Crippen LogP contribution in [0.5, 0.6) is 11.5 Å². The van der Waals surface area contributed by atoms with E-state index in [-0.39, 0.29) is 29.3 Å². The molecule has 1 aliphatic heterocycles. The van der Waals surface area contributed by atoms with E-state index in [4.69, 9.17) is 4.74 Å². The molecule has 0 aromatic heterocycles. The lowest BCUT2D eigenvalue weighted by Crippen LogP contribution is -2.34. The van der Waals surface area contributed by atoms with E-state index in [1.807, 2.05) is 0 Å². The number of nitro benzene ring substituents is 1. The molecule has 208 valence electrons. The van der Waals surface area contributed by atoms with Gasteiger partial charge in [-0.1, -0.05) is 0 Å². The first-order valence-electron chi connectivity index (χ1n) is 11.9. The fraction of sp³-hybridized carbons (Fsp3) is 0.500. The van der Waals surface area contributed by atoms with E-state index in [2.05, 4.69) is 5.32 Å². The maximum absolute atomic E-state index is 12.7. The van der Waals surface area contributed by atoms with E-state index in [0.717, 1.165) is 17.0 Å². The molecular formula is C24H32N4O9S. The van der Waals surface area contributed by atoms with Gasteiger partial charge in [-0.2, -0.15) is 0 Å². The Morgan fingerprint density at radius 2 is 1.89 bits per heavy atom. The number of phenols is 2. The molecule has 0 radical (unpaired) electrons. The van der Waals surface area contributed by atoms with Crippen LogP contribution in [-0.4, -0.2) is 80.4 Å². The van der Waals surface area contributed by atoms with Crippen molar-refractivity contribution in [2.24, 2.45) is 0 Å². The van der Waals surface area contributed by atoms with Crippen molar-refractivity contribution in [2.75, 3.05) is 26.7 Å². The fourth-order valence-electron chi connectivity index (χ4n) is 3.37. The Morgan fingerprint density at radius 1 is 1.21 bits per heavy atom. The van der Waals surface area contributed by atoms with Gasteiger partial charge in [-0.25, -0.2) is 4.79 Å². The van der Waals surface area contributed by atoms with Crippen molar-refractivity contribution in [1.29, 1.82) is 0 Å². The molecule has 2 rings (SSSR count). The third-order valence-corrected chi connectivity index (χ3v) is 6.15. The highest BCUT2D eigenvalue weighted by Crippen LogP contribution is 2.38. The first-order valence-corrected chi connectivity index (χ1v) is 12.7. The monoisotopic (exact) mass is 552 g/mol. The van der Waals surface area contributed by atoms with Crippen LogP contribution in [0.2, 0.25) is 0 Å². The summed E-state index contributed by atoms with van der Waals surface area (Å²) < 4.78 is 5.13. The average molecular weight is 553 g/mol. The molecule has 1 aromatic rings. The lowest BCUT2D eigenvalue weighted by Gasteiger charge is -2.20. The average Bonchev–Trinajstić information content (AvgIpc) is 3.07. The van der Waals surface area contributed by atoms with E-state index in [0.29, 0.717) is 44.1 Å². The number of aromatic hydroxyl groups is 2. The minimum atomic E-state index is -0.888. The molecule has 0 atom stereocenters. The maximum Gasteiger partial charge on any atom is 0.407 e. The fourth-order valence-corrected chi connectivity index (χ4v) is 4.24. The Bertz CT molecular complexity index is 1130. The summed E-state index contributed by atoms with van der Waals surface area (Å²) in [6, 6.07) is 2.04. The van der Waals surface area contributed by atoms with Crippen LogP contribution >= 0.6 is 11.8 Å². The van der Waals surface area contributed by atoms with Crippen LogP contribution in [0.3, 0.4) is 0 Å². The van der Waals surface area contributed by atoms with Crippen LogP contribution in [0, 0.1) is 10.1 Å². The molecule has 4 amide bonds. The highest BCUT2D eigenvalue weighted by atomic mass is 32.2. The zero-order chi connectivity index (χ0) is 28.6. The Hall–Kier alpha value is -3.81. The summed E-state index contributed by atoms with van der Waals surface area (Å²) in [5.41, 5.74) is -1.24. The molecule has 1 saturated heterocycles. The summed E-state index contributed by atoms with van der Waals surface area (Å²) in [7, 11) is 1.65. The van der Waals surface area contributed by atoms with Crippen molar-refractivity contribution in [3.05, 3.63) is 32.7 Å². The van der Waals surface area contributed by atoms with Crippen LogP contribution in [0.25, 0.3) is 6.08 Å². The van der Waals surface area contributed by atoms with E-state index in [1.165, 1.54) is 6.08 Å². The minimum Gasteiger partial charge on any atom is -0.504 e. The Kier molecular flexibility index (Phi) is 10.5. The number of nitrogens with zero attached hydrogens (tertiary/aromatic N) is 3. The van der Waals surface area contributed by atoms with Gasteiger partial charge in [0, 0.05) is 39.2 Å². The SMILES string of the molecule is CN(CCCCN1C(=O)S/C(=C\c2cc(O)c(O)c([N+](=O)[O-])c2)C1=O)C(=O)CCCNC(=O)OC(C)(C)C. The number of unbranched alkanes of at least 4 members (excludes halogenated alkanes) is 1. The van der Waals surface area contributed by atoms with E-state index < -0.39 is 45.0 Å². The number of amides is 4. The third kappa shape index (κ3) is 8.94. The number of carbonyl (C=O) groups is 4. The second-order valence-corrected chi connectivity index (χ2v) is 10.5. The van der Waals surface area contributed by atoms with Gasteiger partial charge in [-0.15, -0.1) is 0 Å². The van der Waals surface area contributed by atoms with Gasteiger partial charge in [-0.05, 0) is 69.5 Å². The molecular weight excluding hydrogens is 520 g/mol. The molecule has 1 aliphatic rings. The van der Waals surface area contributed by atoms with Crippen LogP contribution in [0.1, 0.15) is 52.0 Å². The largest absolute Gasteiger partial charge is 0.504 e. The number of nitrogens with one attached hydrogen (secondary N) is 1. The normalized spacial score (nSPS) is 14.6. The summed E-state index contributed by atoms with van der Waals surface area (Å²) in [6.07, 6.45) is 2.38. The zero-order valence-corrected chi connectivity index (χ0v) is 22.5. The number of benzene rings is 1. The summed E-state index contributed by atoms with van der Waals surface area (Å²) in [6.45, 7) is 6.13. The number of carbonyl (C=O) groups excluding carboxylic acids is 4. The van der Waals surface area contributed by atoms with Crippen LogP contribution in [0.15, 0.2) is 17.0 Å². The number of thioether (sulfide) groups is 1. The number of ether oxygens (including phenoxy) is 1. The molecule has 0 unspecified atom stereocenters. The molecule has 0 saturated carbocycles. The number of phenolic OH excluding ortho intramolecular Hbond substituents is 2. The van der Waals surface area contributed by atoms with Crippen molar-refractivity contribution in [2.45, 2.75) is 52.1 Å². The van der Waals surface area contributed by atoms with E-state index in [9.17, 15) is 39.5 Å². The van der Waals surface area contributed by atoms with Gasteiger partial charge < -0.3 is 25.2 Å². The Balaban J connectivity index is 1.78. The number of hydrogen-bond acceptors (Lipinski definition) is 10. The molecule has 13 nitrogen and oxygen atoms in total. The number of nitro groups is 1. The molecule has 0 spiro atoms. The summed E-state index contributed by atoms with van der Waals surface area (Å²) >= 11 is 0.667. The molecule has 0 aliphatic carbocycles. The molecule has 3 N–H and O–H groups in total. The van der Waals surface area contributed by atoms with Gasteiger partial charge in [0.05, 0.1) is 9.83 Å². The smallest absolute Gasteiger partial charge is 0.407 e. The predicted molar refractivity (Wildman–Crippen MR) is 139 cm³/mol. The van der Waals surface area contributed by atoms with Crippen LogP contribution in [0.4, 0.5) is 15.3 Å². The van der Waals surface area contributed by atoms with E-state index >= 15 is 0 Å². The van der Waals surface area contributed by atoms with Gasteiger partial charge in [-0.3, -0.25) is 29.4 Å². The number of alkyl carbamates (subject to hydrolysis) is 1. The summed E-state index contributed by atoms with van der Waals surface area (Å²) in [5, 5.41) is 32.4. The standard InChI is InChI=1S/C24H32N4O9S/c1-24(2,3)37-22(33)25-9-7-8-19(30)26(4)10-5-6-11-27-21(32)18(38-23(27)34)14-15-12-16(28(35)36)20(31)17(29)13-15/h12-14,29,31H,5-11H2,1-4H3,(H,25,33)/b18-14-. The first kappa shape index (κ1) is 30.4. The summed E-state index contributed by atoms with van der Waals surface area (Å²) in [4.78, 5) is 61.7. The highest BCUT2D eigenvalue weighted by Gasteiger charge is 2.34. The molecule has 38 heavy (non-hydrogen) atoms. The van der Waals surface area contributed by atoms with Crippen LogP contribution in [-0.2, 0) is 14.3 Å². The number of imide groups is 1. The molecule has 14 heteroatoms. The third-order valence-electron chi connectivity index (χ3n) is 5.25. The molecule has 1 aromatic carbocycles. The maximum atomic E-state index is 12.7. The highest BCUT2D eigenvalue weighted by molar-refractivity contribution is 8.18. The lowest BCUT2D eigenvalue weighted by atomic mass is 10.1. The van der Waals surface area contributed by atoms with Crippen LogP contribution < -0.4 is 5.32 Å².